The van der Waals surface area contributed by atoms with Crippen LogP contribution in [0.25, 0.3) is 0 Å². The van der Waals surface area contributed by atoms with Gasteiger partial charge in [-0.2, -0.15) is 13.2 Å². The van der Waals surface area contributed by atoms with Crippen molar-refractivity contribution >= 4 is 15.8 Å². The van der Waals surface area contributed by atoms with Gasteiger partial charge in [-0.05, 0) is 25.5 Å². The van der Waals surface area contributed by atoms with Crippen LogP contribution in [0.15, 0.2) is 40.2 Å². The normalized spacial score (nSPS) is 19.1. The van der Waals surface area contributed by atoms with Gasteiger partial charge in [0.1, 0.15) is 6.04 Å². The van der Waals surface area contributed by atoms with E-state index in [1.807, 2.05) is 11.8 Å². The monoisotopic (exact) mass is 434 g/mol. The van der Waals surface area contributed by atoms with Gasteiger partial charge in [0.05, 0.1) is 10.6 Å². The first-order valence-corrected chi connectivity index (χ1v) is 11.3. The minimum absolute atomic E-state index is 0.0857. The number of piperazine rings is 1. The predicted octanol–water partition coefficient (Wildman–Crippen LogP) is 2.38. The SMILES string of the molecule is CCC(CS(=O)(=O)c1ccccc1)NC(=NC)N1CCN(C(C)C(F)(F)F)CC1. The van der Waals surface area contributed by atoms with Crippen molar-refractivity contribution in [3.8, 4) is 0 Å². The van der Waals surface area contributed by atoms with E-state index in [-0.39, 0.29) is 29.8 Å². The minimum Gasteiger partial charge on any atom is -0.352 e. The molecule has 1 aromatic carbocycles. The lowest BCUT2D eigenvalue weighted by Gasteiger charge is -2.40. The van der Waals surface area contributed by atoms with Gasteiger partial charge in [-0.25, -0.2) is 8.42 Å². The largest absolute Gasteiger partial charge is 0.403 e. The van der Waals surface area contributed by atoms with E-state index in [0.717, 1.165) is 0 Å². The molecule has 0 spiro atoms. The Bertz CT molecular complexity index is 776. The number of nitrogens with one attached hydrogen (secondary N) is 1. The van der Waals surface area contributed by atoms with E-state index in [9.17, 15) is 21.6 Å². The van der Waals surface area contributed by atoms with Crippen molar-refractivity contribution in [2.75, 3.05) is 39.0 Å². The number of benzene rings is 1. The second kappa shape index (κ2) is 9.80. The standard InChI is InChI=1S/C19H29F3N4O2S/c1-4-16(14-29(27,28)17-8-6-5-7-9-17)24-18(23-3)26-12-10-25(11-13-26)15(2)19(20,21)22/h5-9,15-16H,4,10-14H2,1-3H3,(H,23,24). The number of guanidine groups is 1. The molecule has 1 aromatic rings. The number of hydrogen-bond acceptors (Lipinski definition) is 4. The number of nitrogens with zero attached hydrogens (tertiary/aromatic N) is 3. The van der Waals surface area contributed by atoms with E-state index in [4.69, 9.17) is 0 Å². The second-order valence-corrected chi connectivity index (χ2v) is 9.17. The molecule has 10 heteroatoms. The molecule has 0 saturated carbocycles. The lowest BCUT2D eigenvalue weighted by Crippen LogP contribution is -2.58. The minimum atomic E-state index is -4.25. The zero-order valence-corrected chi connectivity index (χ0v) is 17.8. The van der Waals surface area contributed by atoms with Gasteiger partial charge in [-0.1, -0.05) is 25.1 Å². The molecular weight excluding hydrogens is 405 g/mol. The van der Waals surface area contributed by atoms with Gasteiger partial charge >= 0.3 is 6.18 Å². The third-order valence-corrected chi connectivity index (χ3v) is 7.03. The van der Waals surface area contributed by atoms with Crippen molar-refractivity contribution in [2.45, 2.75) is 43.4 Å². The molecule has 2 rings (SSSR count). The molecule has 0 bridgehead atoms. The Labute approximate surface area is 170 Å². The number of halogens is 3. The van der Waals surface area contributed by atoms with Crippen LogP contribution in [0.5, 0.6) is 0 Å². The Kier molecular flexibility index (Phi) is 7.93. The first-order valence-electron chi connectivity index (χ1n) is 9.65. The summed E-state index contributed by atoms with van der Waals surface area (Å²) in [6.07, 6.45) is -3.68. The molecule has 1 saturated heterocycles. The molecule has 1 fully saturated rings. The molecule has 164 valence electrons. The fourth-order valence-electron chi connectivity index (χ4n) is 3.26. The van der Waals surface area contributed by atoms with Crippen LogP contribution in [0.2, 0.25) is 0 Å². The first kappa shape index (κ1) is 23.5. The molecule has 0 aromatic heterocycles. The summed E-state index contributed by atoms with van der Waals surface area (Å²) in [5.41, 5.74) is 0. The highest BCUT2D eigenvalue weighted by molar-refractivity contribution is 7.91. The molecule has 6 nitrogen and oxygen atoms in total. The van der Waals surface area contributed by atoms with Crippen molar-refractivity contribution in [3.05, 3.63) is 30.3 Å². The summed E-state index contributed by atoms with van der Waals surface area (Å²) in [5.74, 6) is 0.428. The molecule has 0 aliphatic carbocycles. The van der Waals surface area contributed by atoms with Gasteiger partial charge in [0, 0.05) is 39.3 Å². The maximum Gasteiger partial charge on any atom is 0.403 e. The third kappa shape index (κ3) is 6.33. The predicted molar refractivity (Wildman–Crippen MR) is 108 cm³/mol. The fourth-order valence-corrected chi connectivity index (χ4v) is 4.87. The highest BCUT2D eigenvalue weighted by Crippen LogP contribution is 2.25. The molecule has 29 heavy (non-hydrogen) atoms. The van der Waals surface area contributed by atoms with Crippen LogP contribution >= 0.6 is 0 Å². The van der Waals surface area contributed by atoms with E-state index in [1.54, 1.807) is 37.4 Å². The summed E-state index contributed by atoms with van der Waals surface area (Å²) in [6.45, 7) is 4.36. The summed E-state index contributed by atoms with van der Waals surface area (Å²) < 4.78 is 64.1. The summed E-state index contributed by atoms with van der Waals surface area (Å²) in [6, 6.07) is 6.42. The molecule has 0 radical (unpaired) electrons. The topological polar surface area (TPSA) is 65.0 Å². The summed E-state index contributed by atoms with van der Waals surface area (Å²) in [4.78, 5) is 7.76. The molecule has 1 N–H and O–H groups in total. The van der Waals surface area contributed by atoms with Crippen LogP contribution in [-0.2, 0) is 9.84 Å². The van der Waals surface area contributed by atoms with Gasteiger partial charge in [0.2, 0.25) is 0 Å². The van der Waals surface area contributed by atoms with Crippen LogP contribution < -0.4 is 5.32 Å². The second-order valence-electron chi connectivity index (χ2n) is 7.13. The van der Waals surface area contributed by atoms with Gasteiger partial charge in [0.25, 0.3) is 0 Å². The van der Waals surface area contributed by atoms with Crippen molar-refractivity contribution in [1.82, 2.24) is 15.1 Å². The van der Waals surface area contributed by atoms with E-state index in [0.29, 0.717) is 25.5 Å². The van der Waals surface area contributed by atoms with Gasteiger partial charge in [0.15, 0.2) is 15.8 Å². The molecular formula is C19H29F3N4O2S. The first-order chi connectivity index (χ1) is 13.6. The number of hydrogen-bond donors (Lipinski definition) is 1. The lowest BCUT2D eigenvalue weighted by atomic mass is 10.2. The quantitative estimate of drug-likeness (QED) is 0.550. The number of rotatable bonds is 6. The number of aliphatic imine (C=N–C) groups is 1. The summed E-state index contributed by atoms with van der Waals surface area (Å²) in [5, 5.41) is 3.18. The molecule has 1 aliphatic heterocycles. The lowest BCUT2D eigenvalue weighted by molar-refractivity contribution is -0.181. The van der Waals surface area contributed by atoms with E-state index in [1.165, 1.54) is 11.8 Å². The van der Waals surface area contributed by atoms with Crippen LogP contribution in [0.1, 0.15) is 20.3 Å². The maximum atomic E-state index is 12.9. The van der Waals surface area contributed by atoms with Crippen molar-refractivity contribution < 1.29 is 21.6 Å². The Balaban J connectivity index is 1.98. The van der Waals surface area contributed by atoms with Gasteiger partial charge < -0.3 is 10.2 Å². The van der Waals surface area contributed by atoms with Crippen LogP contribution in [-0.4, -0.2) is 81.4 Å². The van der Waals surface area contributed by atoms with Crippen molar-refractivity contribution in [3.63, 3.8) is 0 Å². The Morgan fingerprint density at radius 3 is 2.24 bits per heavy atom. The number of sulfone groups is 1. The molecule has 0 amide bonds. The summed E-state index contributed by atoms with van der Waals surface area (Å²) in [7, 11) is -1.87. The molecule has 1 heterocycles. The van der Waals surface area contributed by atoms with Crippen molar-refractivity contribution in [1.29, 1.82) is 0 Å². The fraction of sp³-hybridized carbons (Fsp3) is 0.632. The summed E-state index contributed by atoms with van der Waals surface area (Å²) >= 11 is 0. The molecule has 1 aliphatic rings. The number of alkyl halides is 3. The highest BCUT2D eigenvalue weighted by Gasteiger charge is 2.41. The van der Waals surface area contributed by atoms with Crippen LogP contribution in [0.4, 0.5) is 13.2 Å². The van der Waals surface area contributed by atoms with E-state index >= 15 is 0 Å². The smallest absolute Gasteiger partial charge is 0.352 e. The Hall–Kier alpha value is -1.81. The van der Waals surface area contributed by atoms with E-state index < -0.39 is 22.1 Å². The van der Waals surface area contributed by atoms with Gasteiger partial charge in [-0.15, -0.1) is 0 Å². The average Bonchev–Trinajstić information content (AvgIpc) is 2.70. The highest BCUT2D eigenvalue weighted by atomic mass is 32.2. The molecule has 2 atom stereocenters. The Morgan fingerprint density at radius 1 is 1.17 bits per heavy atom. The van der Waals surface area contributed by atoms with Gasteiger partial charge in [-0.3, -0.25) is 9.89 Å². The van der Waals surface area contributed by atoms with E-state index in [2.05, 4.69) is 10.3 Å². The van der Waals surface area contributed by atoms with Crippen LogP contribution in [0.3, 0.4) is 0 Å². The zero-order chi connectivity index (χ0) is 21.7. The zero-order valence-electron chi connectivity index (χ0n) is 17.0. The third-order valence-electron chi connectivity index (χ3n) is 5.20. The average molecular weight is 435 g/mol. The van der Waals surface area contributed by atoms with Crippen molar-refractivity contribution in [2.24, 2.45) is 4.99 Å². The Morgan fingerprint density at radius 2 is 1.76 bits per heavy atom. The maximum absolute atomic E-state index is 12.9. The molecule has 2 unspecified atom stereocenters. The van der Waals surface area contributed by atoms with Crippen LogP contribution in [0, 0.1) is 0 Å².